The van der Waals surface area contributed by atoms with Crippen molar-refractivity contribution >= 4 is 5.97 Å². The van der Waals surface area contributed by atoms with Gasteiger partial charge in [0.25, 0.3) is 0 Å². The van der Waals surface area contributed by atoms with Gasteiger partial charge in [0, 0.05) is 0 Å². The van der Waals surface area contributed by atoms with Crippen LogP contribution in [0.15, 0.2) is 24.3 Å². The van der Waals surface area contributed by atoms with Crippen LogP contribution in [0.2, 0.25) is 0 Å². The van der Waals surface area contributed by atoms with E-state index in [4.69, 9.17) is 5.11 Å². The lowest BCUT2D eigenvalue weighted by Gasteiger charge is -2.11. The molecule has 0 aliphatic heterocycles. The Kier molecular flexibility index (Phi) is 5.83. The van der Waals surface area contributed by atoms with Gasteiger partial charge in [0.05, 0.1) is 5.92 Å². The summed E-state index contributed by atoms with van der Waals surface area (Å²) in [5, 5.41) is 8.50. The molecule has 0 saturated heterocycles. The maximum Gasteiger partial charge on any atom is 0.306 e. The Morgan fingerprint density at radius 1 is 1.00 bits per heavy atom. The fourth-order valence-electron chi connectivity index (χ4n) is 1.78. The second-order valence-corrected chi connectivity index (χ2v) is 4.08. The lowest BCUT2D eigenvalue weighted by atomic mass is 9.95. The number of allylic oxidation sites excluding steroid dienone is 4. The van der Waals surface area contributed by atoms with Crippen LogP contribution in [0.3, 0.4) is 0 Å². The number of hydrogen-bond acceptors (Lipinski definition) is 1. The Morgan fingerprint density at radius 2 is 1.60 bits per heavy atom. The summed E-state index contributed by atoms with van der Waals surface area (Å²) in [7, 11) is 0. The van der Waals surface area contributed by atoms with Gasteiger partial charge in [-0.15, -0.1) is 0 Å². The fourth-order valence-corrected chi connectivity index (χ4v) is 1.78. The molecule has 0 saturated carbocycles. The molecule has 0 amide bonds. The number of carboxylic acid groups (broad SMARTS) is 1. The summed E-state index contributed by atoms with van der Waals surface area (Å²) < 4.78 is 0. The lowest BCUT2D eigenvalue weighted by Crippen LogP contribution is -2.13. The first kappa shape index (κ1) is 12.0. The van der Waals surface area contributed by atoms with Crippen LogP contribution in [0.4, 0.5) is 0 Å². The van der Waals surface area contributed by atoms with Crippen molar-refractivity contribution in [1.82, 2.24) is 0 Å². The van der Waals surface area contributed by atoms with E-state index in [2.05, 4.69) is 12.2 Å². The van der Waals surface area contributed by atoms with E-state index in [0.717, 1.165) is 19.3 Å². The monoisotopic (exact) mass is 208 g/mol. The van der Waals surface area contributed by atoms with Gasteiger partial charge in [-0.3, -0.25) is 4.79 Å². The van der Waals surface area contributed by atoms with E-state index in [0.29, 0.717) is 0 Å². The van der Waals surface area contributed by atoms with Crippen molar-refractivity contribution in [2.45, 2.75) is 44.9 Å². The molecule has 0 radical (unpaired) electrons. The van der Waals surface area contributed by atoms with E-state index >= 15 is 0 Å². The standard InChI is InChI=1S/C7H10O2.C6H10/c8-7(9)6-4-2-1-3-5-6;1-2-4-6-5-3-1/h1-2,6H,3-5H2,(H,8,9);1-2H,3-6H2. The number of aliphatic carboxylic acids is 1. The van der Waals surface area contributed by atoms with Crippen molar-refractivity contribution in [3.05, 3.63) is 24.3 Å². The van der Waals surface area contributed by atoms with E-state index in [-0.39, 0.29) is 5.92 Å². The van der Waals surface area contributed by atoms with E-state index < -0.39 is 5.97 Å². The zero-order valence-corrected chi connectivity index (χ0v) is 9.19. The van der Waals surface area contributed by atoms with Crippen LogP contribution in [-0.4, -0.2) is 11.1 Å². The number of carbonyl (C=O) groups is 1. The van der Waals surface area contributed by atoms with Gasteiger partial charge in [-0.05, 0) is 44.9 Å². The Labute approximate surface area is 91.7 Å². The summed E-state index contributed by atoms with van der Waals surface area (Å²) in [6.07, 6.45) is 16.4. The molecule has 2 rings (SSSR count). The van der Waals surface area contributed by atoms with Crippen molar-refractivity contribution in [2.24, 2.45) is 5.92 Å². The molecule has 2 nitrogen and oxygen atoms in total. The summed E-state index contributed by atoms with van der Waals surface area (Å²) in [5.74, 6) is -0.769. The molecule has 0 aromatic heterocycles. The third kappa shape index (κ3) is 5.40. The molecule has 2 aliphatic carbocycles. The van der Waals surface area contributed by atoms with Crippen molar-refractivity contribution in [2.75, 3.05) is 0 Å². The largest absolute Gasteiger partial charge is 0.481 e. The average molecular weight is 208 g/mol. The minimum atomic E-state index is -0.653. The molecule has 0 aromatic carbocycles. The van der Waals surface area contributed by atoms with Crippen LogP contribution in [-0.2, 0) is 4.79 Å². The van der Waals surface area contributed by atoms with Crippen LogP contribution in [0.5, 0.6) is 0 Å². The normalized spacial score (nSPS) is 24.1. The Bertz CT molecular complexity index is 233. The average Bonchev–Trinajstić information content (AvgIpc) is 2.33. The third-order valence-electron chi connectivity index (χ3n) is 2.78. The summed E-state index contributed by atoms with van der Waals surface area (Å²) >= 11 is 0. The van der Waals surface area contributed by atoms with Crippen LogP contribution in [0, 0.1) is 5.92 Å². The summed E-state index contributed by atoms with van der Waals surface area (Å²) in [4.78, 5) is 10.3. The third-order valence-corrected chi connectivity index (χ3v) is 2.78. The first-order chi connectivity index (χ1) is 7.30. The van der Waals surface area contributed by atoms with E-state index in [9.17, 15) is 4.79 Å². The van der Waals surface area contributed by atoms with Gasteiger partial charge >= 0.3 is 5.97 Å². The quantitative estimate of drug-likeness (QED) is 0.669. The topological polar surface area (TPSA) is 37.3 Å². The minimum Gasteiger partial charge on any atom is -0.481 e. The molecule has 0 fully saturated rings. The van der Waals surface area contributed by atoms with Crippen LogP contribution in [0.25, 0.3) is 0 Å². The molecule has 1 N–H and O–H groups in total. The molecule has 2 heteroatoms. The Balaban J connectivity index is 0.000000162. The molecule has 0 bridgehead atoms. The van der Waals surface area contributed by atoms with Crippen molar-refractivity contribution in [3.63, 3.8) is 0 Å². The highest BCUT2D eigenvalue weighted by Crippen LogP contribution is 2.17. The molecule has 84 valence electrons. The first-order valence-electron chi connectivity index (χ1n) is 5.83. The van der Waals surface area contributed by atoms with Crippen LogP contribution in [0.1, 0.15) is 44.9 Å². The molecule has 0 spiro atoms. The minimum absolute atomic E-state index is 0.116. The number of hydrogen-bond donors (Lipinski definition) is 1. The Hall–Kier alpha value is -1.05. The summed E-state index contributed by atoms with van der Waals surface area (Å²) in [6, 6.07) is 0. The smallest absolute Gasteiger partial charge is 0.306 e. The second-order valence-electron chi connectivity index (χ2n) is 4.08. The predicted octanol–water partition coefficient (Wildman–Crippen LogP) is 3.54. The Morgan fingerprint density at radius 3 is 1.87 bits per heavy atom. The van der Waals surface area contributed by atoms with E-state index in [1.165, 1.54) is 25.7 Å². The van der Waals surface area contributed by atoms with Gasteiger partial charge in [0.1, 0.15) is 0 Å². The van der Waals surface area contributed by atoms with Gasteiger partial charge in [0.2, 0.25) is 0 Å². The zero-order chi connectivity index (χ0) is 10.9. The van der Waals surface area contributed by atoms with Gasteiger partial charge in [0.15, 0.2) is 0 Å². The fraction of sp³-hybridized carbons (Fsp3) is 0.615. The predicted molar refractivity (Wildman–Crippen MR) is 61.7 cm³/mol. The highest BCUT2D eigenvalue weighted by atomic mass is 16.4. The molecule has 0 heterocycles. The molecule has 1 atom stereocenters. The van der Waals surface area contributed by atoms with Gasteiger partial charge in [-0.25, -0.2) is 0 Å². The molecular formula is C13H20O2. The SMILES string of the molecule is C1=CCCCC1.O=C(O)C1CC=CCC1. The van der Waals surface area contributed by atoms with Crippen LogP contribution < -0.4 is 0 Å². The summed E-state index contributed by atoms with van der Waals surface area (Å²) in [6.45, 7) is 0. The highest BCUT2D eigenvalue weighted by molar-refractivity contribution is 5.70. The van der Waals surface area contributed by atoms with Gasteiger partial charge in [-0.1, -0.05) is 24.3 Å². The maximum absolute atomic E-state index is 10.3. The van der Waals surface area contributed by atoms with E-state index in [1.807, 2.05) is 12.2 Å². The van der Waals surface area contributed by atoms with Gasteiger partial charge < -0.3 is 5.11 Å². The number of rotatable bonds is 1. The van der Waals surface area contributed by atoms with Crippen molar-refractivity contribution in [3.8, 4) is 0 Å². The molecule has 0 aromatic rings. The van der Waals surface area contributed by atoms with Crippen molar-refractivity contribution in [1.29, 1.82) is 0 Å². The van der Waals surface area contributed by atoms with Gasteiger partial charge in [-0.2, -0.15) is 0 Å². The van der Waals surface area contributed by atoms with Crippen LogP contribution >= 0.6 is 0 Å². The molecule has 1 unspecified atom stereocenters. The van der Waals surface area contributed by atoms with E-state index in [1.54, 1.807) is 0 Å². The maximum atomic E-state index is 10.3. The molecule has 2 aliphatic rings. The lowest BCUT2D eigenvalue weighted by molar-refractivity contribution is -0.141. The van der Waals surface area contributed by atoms with Crippen molar-refractivity contribution < 1.29 is 9.90 Å². The first-order valence-corrected chi connectivity index (χ1v) is 5.83. The zero-order valence-electron chi connectivity index (χ0n) is 9.19. The highest BCUT2D eigenvalue weighted by Gasteiger charge is 2.16. The molecule has 15 heavy (non-hydrogen) atoms. The number of carboxylic acids is 1. The summed E-state index contributed by atoms with van der Waals surface area (Å²) in [5.41, 5.74) is 0. The second kappa shape index (κ2) is 7.27. The molecular weight excluding hydrogens is 188 g/mol.